The predicted molar refractivity (Wildman–Crippen MR) is 86.7 cm³/mol. The normalized spacial score (nSPS) is 18.5. The highest BCUT2D eigenvalue weighted by Gasteiger charge is 2.36. The molecule has 1 fully saturated rings. The highest BCUT2D eigenvalue weighted by atomic mass is 32.2. The third-order valence-electron chi connectivity index (χ3n) is 3.88. The first kappa shape index (κ1) is 18.1. The van der Waals surface area contributed by atoms with E-state index in [9.17, 15) is 9.59 Å². The quantitative estimate of drug-likeness (QED) is 0.675. The van der Waals surface area contributed by atoms with E-state index in [1.54, 1.807) is 11.8 Å². The molecule has 122 valence electrons. The zero-order chi connectivity index (χ0) is 16.1. The van der Waals surface area contributed by atoms with Gasteiger partial charge in [-0.2, -0.15) is 11.8 Å². The third-order valence-corrected chi connectivity index (χ3v) is 5.30. The Morgan fingerprint density at radius 1 is 1.33 bits per heavy atom. The molecule has 0 aromatic carbocycles. The van der Waals surface area contributed by atoms with E-state index in [0.29, 0.717) is 13.0 Å². The molecule has 0 bridgehead atoms. The monoisotopic (exact) mass is 316 g/mol. The van der Waals surface area contributed by atoms with Crippen LogP contribution in [-0.4, -0.2) is 40.7 Å². The summed E-state index contributed by atoms with van der Waals surface area (Å²) in [5.41, 5.74) is -0.0259. The van der Waals surface area contributed by atoms with E-state index in [1.807, 2.05) is 20.8 Å². The lowest BCUT2D eigenvalue weighted by Gasteiger charge is -2.40. The molecule has 0 saturated heterocycles. The van der Waals surface area contributed by atoms with E-state index in [0.717, 1.165) is 12.8 Å². The van der Waals surface area contributed by atoms with Crippen LogP contribution in [0.5, 0.6) is 0 Å². The molecule has 5 nitrogen and oxygen atoms in total. The average Bonchev–Trinajstić information content (AvgIpc) is 2.24. The van der Waals surface area contributed by atoms with Crippen LogP contribution >= 0.6 is 11.8 Å². The van der Waals surface area contributed by atoms with Gasteiger partial charge in [-0.25, -0.2) is 4.79 Å². The second-order valence-electron chi connectivity index (χ2n) is 7.13. The Morgan fingerprint density at radius 2 is 1.95 bits per heavy atom. The standard InChI is InChI=1S/C15H28N2O3S/c1-14(2,3)9-11(8-12(18)19)17-13(20)16-10-15(21-4)6-5-7-15/h11H,5-10H2,1-4H3,(H,18,19)(H2,16,17,20). The van der Waals surface area contributed by atoms with Gasteiger partial charge in [0.1, 0.15) is 0 Å². The molecule has 0 radical (unpaired) electrons. The molecule has 1 atom stereocenters. The summed E-state index contributed by atoms with van der Waals surface area (Å²) in [4.78, 5) is 22.9. The van der Waals surface area contributed by atoms with Crippen LogP contribution in [-0.2, 0) is 4.79 Å². The Labute approximate surface area is 131 Å². The fourth-order valence-corrected chi connectivity index (χ4v) is 3.54. The molecule has 21 heavy (non-hydrogen) atoms. The number of carbonyl (C=O) groups excluding carboxylic acids is 1. The minimum Gasteiger partial charge on any atom is -0.481 e. The van der Waals surface area contributed by atoms with Crippen LogP contribution in [0.25, 0.3) is 0 Å². The zero-order valence-electron chi connectivity index (χ0n) is 13.5. The first-order valence-electron chi connectivity index (χ1n) is 7.47. The number of hydrogen-bond donors (Lipinski definition) is 3. The number of nitrogens with one attached hydrogen (secondary N) is 2. The molecule has 1 rings (SSSR count). The van der Waals surface area contributed by atoms with Gasteiger partial charge in [0.15, 0.2) is 0 Å². The highest BCUT2D eigenvalue weighted by molar-refractivity contribution is 8.00. The van der Waals surface area contributed by atoms with Gasteiger partial charge >= 0.3 is 12.0 Å². The van der Waals surface area contributed by atoms with Crippen LogP contribution in [0.4, 0.5) is 4.79 Å². The van der Waals surface area contributed by atoms with Crippen molar-refractivity contribution in [1.29, 1.82) is 0 Å². The Hall–Kier alpha value is -0.910. The summed E-state index contributed by atoms with van der Waals surface area (Å²) in [5.74, 6) is -0.885. The molecule has 2 amide bonds. The zero-order valence-corrected chi connectivity index (χ0v) is 14.3. The number of thioether (sulfide) groups is 1. The van der Waals surface area contributed by atoms with Gasteiger partial charge in [0.05, 0.1) is 6.42 Å². The first-order chi connectivity index (χ1) is 9.66. The Morgan fingerprint density at radius 3 is 2.33 bits per heavy atom. The van der Waals surface area contributed by atoms with E-state index in [1.165, 1.54) is 6.42 Å². The van der Waals surface area contributed by atoms with Crippen molar-refractivity contribution in [1.82, 2.24) is 10.6 Å². The van der Waals surface area contributed by atoms with E-state index in [2.05, 4.69) is 16.9 Å². The lowest BCUT2D eigenvalue weighted by molar-refractivity contribution is -0.137. The number of carbonyl (C=O) groups is 2. The molecule has 1 aliphatic carbocycles. The van der Waals surface area contributed by atoms with Gasteiger partial charge in [-0.15, -0.1) is 0 Å². The Balaban J connectivity index is 2.45. The predicted octanol–water partition coefficient (Wildman–Crippen LogP) is 2.85. The second kappa shape index (κ2) is 7.38. The van der Waals surface area contributed by atoms with Crippen LogP contribution in [0.3, 0.4) is 0 Å². The van der Waals surface area contributed by atoms with Crippen LogP contribution in [0.1, 0.15) is 52.9 Å². The smallest absolute Gasteiger partial charge is 0.315 e. The van der Waals surface area contributed by atoms with E-state index in [4.69, 9.17) is 5.11 Å². The lowest BCUT2D eigenvalue weighted by Crippen LogP contribution is -2.50. The summed E-state index contributed by atoms with van der Waals surface area (Å²) >= 11 is 1.80. The van der Waals surface area contributed by atoms with Gasteiger partial charge in [0.25, 0.3) is 0 Å². The fraction of sp³-hybridized carbons (Fsp3) is 0.867. The number of carboxylic acid groups (broad SMARTS) is 1. The summed E-state index contributed by atoms with van der Waals surface area (Å²) < 4.78 is 0.184. The molecule has 1 unspecified atom stereocenters. The number of amides is 2. The van der Waals surface area contributed by atoms with Crippen molar-refractivity contribution in [3.8, 4) is 0 Å². The lowest BCUT2D eigenvalue weighted by atomic mass is 9.84. The number of urea groups is 1. The van der Waals surface area contributed by atoms with Gasteiger partial charge < -0.3 is 15.7 Å². The molecule has 3 N–H and O–H groups in total. The summed E-state index contributed by atoms with van der Waals surface area (Å²) in [6, 6.07) is -0.597. The minimum absolute atomic E-state index is 0.0259. The molecule has 0 aromatic rings. The fourth-order valence-electron chi connectivity index (χ4n) is 2.63. The van der Waals surface area contributed by atoms with Gasteiger partial charge in [0.2, 0.25) is 0 Å². The summed E-state index contributed by atoms with van der Waals surface area (Å²) in [5, 5.41) is 14.7. The maximum Gasteiger partial charge on any atom is 0.315 e. The van der Waals surface area contributed by atoms with Crippen molar-refractivity contribution in [2.45, 2.75) is 63.7 Å². The molecule has 0 aromatic heterocycles. The second-order valence-corrected chi connectivity index (χ2v) is 8.40. The van der Waals surface area contributed by atoms with Gasteiger partial charge in [-0.3, -0.25) is 4.79 Å². The number of aliphatic carboxylic acids is 1. The number of hydrogen-bond acceptors (Lipinski definition) is 3. The van der Waals surface area contributed by atoms with Crippen LogP contribution in [0.2, 0.25) is 0 Å². The van der Waals surface area contributed by atoms with Gasteiger partial charge in [0, 0.05) is 17.3 Å². The topological polar surface area (TPSA) is 78.4 Å². The third kappa shape index (κ3) is 6.59. The van der Waals surface area contributed by atoms with Crippen LogP contribution < -0.4 is 10.6 Å². The molecular weight excluding hydrogens is 288 g/mol. The Bertz CT molecular complexity index is 370. The van der Waals surface area contributed by atoms with Crippen molar-refractivity contribution in [2.75, 3.05) is 12.8 Å². The van der Waals surface area contributed by atoms with Crippen LogP contribution in [0, 0.1) is 5.41 Å². The SMILES string of the molecule is CSC1(CNC(=O)NC(CC(=O)O)CC(C)(C)C)CCC1. The van der Waals surface area contributed by atoms with Crippen molar-refractivity contribution in [3.05, 3.63) is 0 Å². The number of rotatable bonds is 7. The summed E-state index contributed by atoms with van der Waals surface area (Å²) in [6.45, 7) is 6.77. The minimum atomic E-state index is -0.885. The summed E-state index contributed by atoms with van der Waals surface area (Å²) in [7, 11) is 0. The molecule has 0 spiro atoms. The molecule has 0 aliphatic heterocycles. The van der Waals surface area contributed by atoms with Crippen molar-refractivity contribution in [2.24, 2.45) is 5.41 Å². The van der Waals surface area contributed by atoms with Crippen molar-refractivity contribution < 1.29 is 14.7 Å². The maximum absolute atomic E-state index is 12.0. The molecule has 0 heterocycles. The van der Waals surface area contributed by atoms with Gasteiger partial charge in [-0.1, -0.05) is 27.2 Å². The maximum atomic E-state index is 12.0. The van der Waals surface area contributed by atoms with Crippen molar-refractivity contribution in [3.63, 3.8) is 0 Å². The van der Waals surface area contributed by atoms with E-state index < -0.39 is 5.97 Å². The average molecular weight is 316 g/mol. The van der Waals surface area contributed by atoms with Crippen molar-refractivity contribution >= 4 is 23.8 Å². The Kier molecular flexibility index (Phi) is 6.38. The number of carboxylic acids is 1. The summed E-state index contributed by atoms with van der Waals surface area (Å²) in [6.07, 6.45) is 6.16. The largest absolute Gasteiger partial charge is 0.481 e. The highest BCUT2D eigenvalue weighted by Crippen LogP contribution is 2.42. The van der Waals surface area contributed by atoms with E-state index in [-0.39, 0.29) is 28.7 Å². The van der Waals surface area contributed by atoms with Gasteiger partial charge in [-0.05, 0) is 30.9 Å². The van der Waals surface area contributed by atoms with E-state index >= 15 is 0 Å². The molecular formula is C15H28N2O3S. The molecule has 1 saturated carbocycles. The first-order valence-corrected chi connectivity index (χ1v) is 8.70. The molecule has 6 heteroatoms. The van der Waals surface area contributed by atoms with Crippen LogP contribution in [0.15, 0.2) is 0 Å². The molecule has 1 aliphatic rings.